The van der Waals surface area contributed by atoms with Crippen LogP contribution in [0, 0.1) is 0 Å². The number of aromatic nitrogens is 1. The predicted molar refractivity (Wildman–Crippen MR) is 86.1 cm³/mol. The highest BCUT2D eigenvalue weighted by Gasteiger charge is 2.22. The third-order valence-corrected chi connectivity index (χ3v) is 5.63. The fourth-order valence-corrected chi connectivity index (χ4v) is 3.23. The van der Waals surface area contributed by atoms with Gasteiger partial charge in [0.05, 0.1) is 24.0 Å². The van der Waals surface area contributed by atoms with Crippen LogP contribution in [0.4, 0.5) is 0 Å². The van der Waals surface area contributed by atoms with E-state index in [0.29, 0.717) is 13.1 Å². The quantitative estimate of drug-likeness (QED) is 0.754. The summed E-state index contributed by atoms with van der Waals surface area (Å²) in [6.07, 6.45) is 2.00. The number of carbonyl (C=O) groups is 1. The van der Waals surface area contributed by atoms with Crippen molar-refractivity contribution in [3.63, 3.8) is 0 Å². The minimum Gasteiger partial charge on any atom is -0.340 e. The number of carbonyl (C=O) groups excluding carboxylic acids is 1. The molecule has 1 saturated heterocycles. The summed E-state index contributed by atoms with van der Waals surface area (Å²) >= 11 is 1.58. The monoisotopic (exact) mass is 346 g/mol. The number of amides is 1. The molecule has 0 spiro atoms. The standard InChI is InChI=1S/C13H22N4O3S2/c1-15(22(2,19)20)9-13(18)17-5-3-4-16(6-7-17)8-12-10-21-11-14-12/h10-11H,3-9H2,1-2H3. The van der Waals surface area contributed by atoms with Crippen molar-refractivity contribution in [2.24, 2.45) is 0 Å². The predicted octanol–water partition coefficient (Wildman–Crippen LogP) is 0.0688. The van der Waals surface area contributed by atoms with Gasteiger partial charge in [0.25, 0.3) is 0 Å². The number of sulfonamides is 1. The molecule has 1 fully saturated rings. The molecule has 9 heteroatoms. The van der Waals surface area contributed by atoms with Crippen LogP contribution >= 0.6 is 11.3 Å². The molecule has 7 nitrogen and oxygen atoms in total. The first kappa shape index (κ1) is 17.3. The minimum atomic E-state index is -3.32. The zero-order valence-electron chi connectivity index (χ0n) is 12.9. The second-order valence-electron chi connectivity index (χ2n) is 5.51. The van der Waals surface area contributed by atoms with Crippen LogP contribution in [0.1, 0.15) is 12.1 Å². The molecule has 22 heavy (non-hydrogen) atoms. The van der Waals surface area contributed by atoms with Gasteiger partial charge in [-0.25, -0.2) is 13.4 Å². The van der Waals surface area contributed by atoms with Crippen LogP contribution in [0.2, 0.25) is 0 Å². The molecule has 0 bridgehead atoms. The normalized spacial score (nSPS) is 17.7. The summed E-state index contributed by atoms with van der Waals surface area (Å²) in [6, 6.07) is 0. The molecule has 1 aliphatic heterocycles. The van der Waals surface area contributed by atoms with Gasteiger partial charge in [0.2, 0.25) is 15.9 Å². The van der Waals surface area contributed by atoms with Crippen LogP contribution in [-0.4, -0.2) is 79.4 Å². The fraction of sp³-hybridized carbons (Fsp3) is 0.692. The molecular formula is C13H22N4O3S2. The van der Waals surface area contributed by atoms with Gasteiger partial charge >= 0.3 is 0 Å². The lowest BCUT2D eigenvalue weighted by molar-refractivity contribution is -0.131. The van der Waals surface area contributed by atoms with Crippen LogP contribution in [0.3, 0.4) is 0 Å². The second kappa shape index (κ2) is 7.49. The van der Waals surface area contributed by atoms with E-state index in [9.17, 15) is 13.2 Å². The molecule has 2 heterocycles. The smallest absolute Gasteiger partial charge is 0.237 e. The molecule has 0 unspecified atom stereocenters. The van der Waals surface area contributed by atoms with E-state index < -0.39 is 10.0 Å². The fourth-order valence-electron chi connectivity index (χ4n) is 2.33. The van der Waals surface area contributed by atoms with E-state index in [1.807, 2.05) is 10.9 Å². The number of hydrogen-bond donors (Lipinski definition) is 0. The summed E-state index contributed by atoms with van der Waals surface area (Å²) in [4.78, 5) is 20.5. The number of likely N-dealkylation sites (N-methyl/N-ethyl adjacent to an activating group) is 1. The first-order chi connectivity index (χ1) is 10.4. The summed E-state index contributed by atoms with van der Waals surface area (Å²) < 4.78 is 23.9. The zero-order valence-corrected chi connectivity index (χ0v) is 14.6. The molecule has 1 aliphatic rings. The third kappa shape index (κ3) is 5.01. The zero-order chi connectivity index (χ0) is 16.2. The average molecular weight is 346 g/mol. The molecule has 2 rings (SSSR count). The molecule has 0 saturated carbocycles. The molecule has 0 radical (unpaired) electrons. The Morgan fingerprint density at radius 3 is 2.77 bits per heavy atom. The molecule has 0 N–H and O–H groups in total. The number of nitrogens with zero attached hydrogens (tertiary/aromatic N) is 4. The van der Waals surface area contributed by atoms with Crippen LogP contribution in [0.15, 0.2) is 10.9 Å². The van der Waals surface area contributed by atoms with E-state index in [4.69, 9.17) is 0 Å². The highest BCUT2D eigenvalue weighted by atomic mass is 32.2. The van der Waals surface area contributed by atoms with E-state index in [2.05, 4.69) is 9.88 Å². The van der Waals surface area contributed by atoms with Gasteiger partial charge in [-0.3, -0.25) is 9.69 Å². The van der Waals surface area contributed by atoms with Crippen molar-refractivity contribution < 1.29 is 13.2 Å². The van der Waals surface area contributed by atoms with Crippen molar-refractivity contribution in [1.82, 2.24) is 19.1 Å². The third-order valence-electron chi connectivity index (χ3n) is 3.73. The topological polar surface area (TPSA) is 73.8 Å². The van der Waals surface area contributed by atoms with Gasteiger partial charge in [-0.2, -0.15) is 4.31 Å². The summed E-state index contributed by atoms with van der Waals surface area (Å²) in [7, 11) is -1.89. The van der Waals surface area contributed by atoms with Crippen molar-refractivity contribution >= 4 is 27.3 Å². The first-order valence-corrected chi connectivity index (χ1v) is 9.94. The Morgan fingerprint density at radius 2 is 2.14 bits per heavy atom. The Bertz CT molecular complexity index is 588. The Morgan fingerprint density at radius 1 is 1.36 bits per heavy atom. The molecule has 1 aromatic rings. The molecular weight excluding hydrogens is 324 g/mol. The van der Waals surface area contributed by atoms with E-state index in [-0.39, 0.29) is 12.5 Å². The van der Waals surface area contributed by atoms with Crippen LogP contribution in [0.25, 0.3) is 0 Å². The van der Waals surface area contributed by atoms with E-state index in [0.717, 1.165) is 42.3 Å². The molecule has 0 aliphatic carbocycles. The molecule has 0 atom stereocenters. The number of hydrogen-bond acceptors (Lipinski definition) is 6. The Balaban J connectivity index is 1.85. The second-order valence-corrected chi connectivity index (χ2v) is 8.32. The molecule has 1 aromatic heterocycles. The molecule has 124 valence electrons. The minimum absolute atomic E-state index is 0.0923. The highest BCUT2D eigenvalue weighted by molar-refractivity contribution is 7.88. The lowest BCUT2D eigenvalue weighted by Gasteiger charge is -2.23. The maximum absolute atomic E-state index is 12.2. The lowest BCUT2D eigenvalue weighted by Crippen LogP contribution is -2.42. The van der Waals surface area contributed by atoms with Crippen LogP contribution in [0.5, 0.6) is 0 Å². The summed E-state index contributed by atoms with van der Waals surface area (Å²) in [6.45, 7) is 3.71. The maximum Gasteiger partial charge on any atom is 0.237 e. The Hall–Kier alpha value is -1.03. The van der Waals surface area contributed by atoms with Crippen LogP contribution < -0.4 is 0 Å². The van der Waals surface area contributed by atoms with Crippen molar-refractivity contribution in [2.75, 3.05) is 46.0 Å². The SMILES string of the molecule is CN(CC(=O)N1CCCN(Cc2cscn2)CC1)S(C)(=O)=O. The summed E-state index contributed by atoms with van der Waals surface area (Å²) in [5.41, 5.74) is 2.88. The first-order valence-electron chi connectivity index (χ1n) is 7.15. The average Bonchev–Trinajstić information content (AvgIpc) is 2.82. The van der Waals surface area contributed by atoms with Gasteiger partial charge in [-0.05, 0) is 6.42 Å². The van der Waals surface area contributed by atoms with Gasteiger partial charge in [-0.15, -0.1) is 11.3 Å². The molecule has 0 aromatic carbocycles. The Kier molecular flexibility index (Phi) is 5.90. The van der Waals surface area contributed by atoms with E-state index >= 15 is 0 Å². The number of rotatable bonds is 5. The van der Waals surface area contributed by atoms with Crippen molar-refractivity contribution in [3.8, 4) is 0 Å². The van der Waals surface area contributed by atoms with Crippen molar-refractivity contribution in [1.29, 1.82) is 0 Å². The number of thiazole rings is 1. The highest BCUT2D eigenvalue weighted by Crippen LogP contribution is 2.10. The molecule has 1 amide bonds. The van der Waals surface area contributed by atoms with Gasteiger partial charge in [0.15, 0.2) is 0 Å². The van der Waals surface area contributed by atoms with Gasteiger partial charge in [0, 0.05) is 45.2 Å². The van der Waals surface area contributed by atoms with E-state index in [1.54, 1.807) is 16.2 Å². The van der Waals surface area contributed by atoms with Crippen molar-refractivity contribution in [3.05, 3.63) is 16.6 Å². The maximum atomic E-state index is 12.2. The van der Waals surface area contributed by atoms with Gasteiger partial charge in [-0.1, -0.05) is 0 Å². The van der Waals surface area contributed by atoms with E-state index in [1.165, 1.54) is 7.05 Å². The summed E-state index contributed by atoms with van der Waals surface area (Å²) in [5.74, 6) is -0.136. The summed E-state index contributed by atoms with van der Waals surface area (Å²) in [5, 5.41) is 2.04. The van der Waals surface area contributed by atoms with Gasteiger partial charge < -0.3 is 4.90 Å². The Labute approximate surface area is 135 Å². The van der Waals surface area contributed by atoms with Gasteiger partial charge in [0.1, 0.15) is 0 Å². The van der Waals surface area contributed by atoms with Crippen LogP contribution in [-0.2, 0) is 21.4 Å². The lowest BCUT2D eigenvalue weighted by atomic mass is 10.3. The van der Waals surface area contributed by atoms with Crippen molar-refractivity contribution in [2.45, 2.75) is 13.0 Å². The largest absolute Gasteiger partial charge is 0.340 e.